The molecule has 0 spiro atoms. The summed E-state index contributed by atoms with van der Waals surface area (Å²) in [5.41, 5.74) is 9.63. The minimum Gasteiger partial charge on any atom is -0.487 e. The lowest BCUT2D eigenvalue weighted by Crippen LogP contribution is -2.17. The molecule has 0 radical (unpaired) electrons. The first-order chi connectivity index (χ1) is 12.8. The van der Waals surface area contributed by atoms with E-state index >= 15 is 0 Å². The van der Waals surface area contributed by atoms with Crippen LogP contribution in [-0.4, -0.2) is 6.36 Å². The van der Waals surface area contributed by atoms with Crippen molar-refractivity contribution in [3.63, 3.8) is 0 Å². The third kappa shape index (κ3) is 4.94. The van der Waals surface area contributed by atoms with Gasteiger partial charge in [-0.25, -0.2) is 0 Å². The number of nitrogens with two attached hydrogens (primary N) is 1. The van der Waals surface area contributed by atoms with Crippen molar-refractivity contribution in [1.29, 1.82) is 0 Å². The Kier molecular flexibility index (Phi) is 5.26. The van der Waals surface area contributed by atoms with Crippen LogP contribution in [0.2, 0.25) is 0 Å². The van der Waals surface area contributed by atoms with Gasteiger partial charge in [-0.15, -0.1) is 13.2 Å². The third-order valence-corrected chi connectivity index (χ3v) is 3.97. The second-order valence-electron chi connectivity index (χ2n) is 6.05. The first-order valence-corrected chi connectivity index (χ1v) is 8.25. The van der Waals surface area contributed by atoms with Crippen LogP contribution in [0.3, 0.4) is 0 Å². The molecule has 0 fully saturated rings. The Morgan fingerprint density at radius 3 is 2.37 bits per heavy atom. The van der Waals surface area contributed by atoms with Gasteiger partial charge in [-0.05, 0) is 53.4 Å². The van der Waals surface area contributed by atoms with Gasteiger partial charge in [0.05, 0.1) is 5.69 Å². The zero-order chi connectivity index (χ0) is 19.4. The molecule has 3 aromatic carbocycles. The molecule has 27 heavy (non-hydrogen) atoms. The number of nitrogen functional groups attached to an aromatic ring is 1. The molecule has 0 bridgehead atoms. The van der Waals surface area contributed by atoms with Crippen LogP contribution in [0, 0.1) is 6.92 Å². The maximum absolute atomic E-state index is 12.5. The number of hydrogen-bond donors (Lipinski definition) is 1. The van der Waals surface area contributed by atoms with E-state index in [1.807, 2.05) is 37.3 Å². The predicted molar refractivity (Wildman–Crippen MR) is 98.5 cm³/mol. The Balaban J connectivity index is 1.88. The smallest absolute Gasteiger partial charge is 0.487 e. The monoisotopic (exact) mass is 373 g/mol. The van der Waals surface area contributed by atoms with Gasteiger partial charge in [-0.2, -0.15) is 0 Å². The summed E-state index contributed by atoms with van der Waals surface area (Å²) in [5.74, 6) is 0.199. The molecule has 0 aliphatic carbocycles. The Morgan fingerprint density at radius 1 is 0.926 bits per heavy atom. The fourth-order valence-electron chi connectivity index (χ4n) is 2.74. The van der Waals surface area contributed by atoms with Gasteiger partial charge >= 0.3 is 6.36 Å². The van der Waals surface area contributed by atoms with Crippen molar-refractivity contribution in [2.75, 3.05) is 5.73 Å². The van der Waals surface area contributed by atoms with Crippen LogP contribution < -0.4 is 15.2 Å². The lowest BCUT2D eigenvalue weighted by atomic mass is 9.99. The molecule has 3 rings (SSSR count). The molecule has 0 aromatic heterocycles. The van der Waals surface area contributed by atoms with E-state index in [0.717, 1.165) is 16.7 Å². The van der Waals surface area contributed by atoms with E-state index in [9.17, 15) is 13.2 Å². The summed E-state index contributed by atoms with van der Waals surface area (Å²) < 4.78 is 47.2. The first kappa shape index (κ1) is 18.6. The topological polar surface area (TPSA) is 44.5 Å². The van der Waals surface area contributed by atoms with E-state index in [1.54, 1.807) is 18.2 Å². The van der Waals surface area contributed by atoms with Gasteiger partial charge < -0.3 is 15.2 Å². The van der Waals surface area contributed by atoms with Crippen LogP contribution in [0.4, 0.5) is 18.9 Å². The molecule has 0 saturated heterocycles. The summed E-state index contributed by atoms with van der Waals surface area (Å²) in [4.78, 5) is 0. The molecule has 0 atom stereocenters. The largest absolute Gasteiger partial charge is 0.573 e. The summed E-state index contributed by atoms with van der Waals surface area (Å²) in [5, 5.41) is 0. The highest BCUT2D eigenvalue weighted by molar-refractivity contribution is 5.74. The maximum atomic E-state index is 12.5. The lowest BCUT2D eigenvalue weighted by molar-refractivity contribution is -0.274. The van der Waals surface area contributed by atoms with Crippen molar-refractivity contribution in [2.24, 2.45) is 0 Å². The highest BCUT2D eigenvalue weighted by atomic mass is 19.4. The fraction of sp³-hybridized carbons (Fsp3) is 0.143. The van der Waals surface area contributed by atoms with Crippen molar-refractivity contribution in [3.8, 4) is 22.6 Å². The van der Waals surface area contributed by atoms with Gasteiger partial charge in [0.2, 0.25) is 0 Å². The van der Waals surface area contributed by atoms with E-state index in [-0.39, 0.29) is 5.75 Å². The van der Waals surface area contributed by atoms with E-state index < -0.39 is 6.36 Å². The average Bonchev–Trinajstić information content (AvgIpc) is 2.60. The average molecular weight is 373 g/mol. The standard InChI is InChI=1S/C21H18F3NO2/c1-14-10-19(25)20(26-13-15-6-3-2-4-7-15)12-18(14)16-8-5-9-17(11-16)27-21(22,23)24/h2-12H,13,25H2,1H3. The highest BCUT2D eigenvalue weighted by Crippen LogP contribution is 2.35. The molecule has 0 saturated carbocycles. The molecular weight excluding hydrogens is 355 g/mol. The van der Waals surface area contributed by atoms with E-state index in [2.05, 4.69) is 4.74 Å². The van der Waals surface area contributed by atoms with Crippen molar-refractivity contribution >= 4 is 5.69 Å². The van der Waals surface area contributed by atoms with Gasteiger partial charge in [0.15, 0.2) is 0 Å². The van der Waals surface area contributed by atoms with Gasteiger partial charge in [0.1, 0.15) is 18.1 Å². The van der Waals surface area contributed by atoms with Gasteiger partial charge in [0, 0.05) is 0 Å². The molecule has 0 unspecified atom stereocenters. The fourth-order valence-corrected chi connectivity index (χ4v) is 2.74. The number of rotatable bonds is 5. The van der Waals surface area contributed by atoms with Crippen molar-refractivity contribution in [1.82, 2.24) is 0 Å². The van der Waals surface area contributed by atoms with Crippen LogP contribution in [-0.2, 0) is 6.61 Å². The van der Waals surface area contributed by atoms with Gasteiger partial charge in [0.25, 0.3) is 0 Å². The maximum Gasteiger partial charge on any atom is 0.573 e. The quantitative estimate of drug-likeness (QED) is 0.582. The number of hydrogen-bond acceptors (Lipinski definition) is 3. The molecular formula is C21H18F3NO2. The lowest BCUT2D eigenvalue weighted by Gasteiger charge is -2.15. The van der Waals surface area contributed by atoms with E-state index in [0.29, 0.717) is 23.6 Å². The molecule has 0 heterocycles. The zero-order valence-corrected chi connectivity index (χ0v) is 14.6. The zero-order valence-electron chi connectivity index (χ0n) is 14.6. The minimum absolute atomic E-state index is 0.275. The van der Waals surface area contributed by atoms with Gasteiger partial charge in [-0.1, -0.05) is 42.5 Å². The van der Waals surface area contributed by atoms with Crippen LogP contribution in [0.5, 0.6) is 11.5 Å². The summed E-state index contributed by atoms with van der Waals surface area (Å²) in [6.45, 7) is 2.18. The molecule has 6 heteroatoms. The van der Waals surface area contributed by atoms with Crippen LogP contribution in [0.25, 0.3) is 11.1 Å². The summed E-state index contributed by atoms with van der Waals surface area (Å²) in [6.07, 6.45) is -4.74. The Bertz CT molecular complexity index is 924. The normalized spacial score (nSPS) is 11.3. The number of benzene rings is 3. The summed E-state index contributed by atoms with van der Waals surface area (Å²) >= 11 is 0. The minimum atomic E-state index is -4.74. The van der Waals surface area contributed by atoms with Crippen molar-refractivity contribution in [3.05, 3.63) is 77.9 Å². The molecule has 0 aliphatic rings. The molecule has 0 aliphatic heterocycles. The van der Waals surface area contributed by atoms with E-state index in [4.69, 9.17) is 10.5 Å². The summed E-state index contributed by atoms with van der Waals surface area (Å²) in [7, 11) is 0. The van der Waals surface area contributed by atoms with Crippen molar-refractivity contribution < 1.29 is 22.6 Å². The van der Waals surface area contributed by atoms with Crippen LogP contribution in [0.15, 0.2) is 66.7 Å². The van der Waals surface area contributed by atoms with E-state index in [1.165, 1.54) is 18.2 Å². The Labute approximate surface area is 155 Å². The first-order valence-electron chi connectivity index (χ1n) is 8.25. The Hall–Kier alpha value is -3.15. The molecule has 140 valence electrons. The predicted octanol–water partition coefficient (Wildman–Crippen LogP) is 5.72. The second-order valence-corrected chi connectivity index (χ2v) is 6.05. The highest BCUT2D eigenvalue weighted by Gasteiger charge is 2.31. The molecule has 3 nitrogen and oxygen atoms in total. The van der Waals surface area contributed by atoms with Gasteiger partial charge in [-0.3, -0.25) is 0 Å². The molecule has 2 N–H and O–H groups in total. The van der Waals surface area contributed by atoms with Crippen molar-refractivity contribution in [2.45, 2.75) is 19.9 Å². The number of alkyl halides is 3. The third-order valence-electron chi connectivity index (χ3n) is 3.97. The summed E-state index contributed by atoms with van der Waals surface area (Å²) in [6, 6.07) is 18.9. The number of halogens is 3. The number of ether oxygens (including phenoxy) is 2. The second kappa shape index (κ2) is 7.61. The Morgan fingerprint density at radius 2 is 1.67 bits per heavy atom. The van der Waals surface area contributed by atoms with Crippen LogP contribution >= 0.6 is 0 Å². The van der Waals surface area contributed by atoms with Crippen LogP contribution in [0.1, 0.15) is 11.1 Å². The number of aryl methyl sites for hydroxylation is 1. The molecule has 3 aromatic rings. The molecule has 0 amide bonds. The number of anilines is 1. The SMILES string of the molecule is Cc1cc(N)c(OCc2ccccc2)cc1-c1cccc(OC(F)(F)F)c1.